The number of nitrogens with one attached hydrogen (secondary N) is 3. The second-order valence-corrected chi connectivity index (χ2v) is 8.50. The van der Waals surface area contributed by atoms with Gasteiger partial charge in [0.25, 0.3) is 0 Å². The average Bonchev–Trinajstić information content (AvgIpc) is 2.89. The Morgan fingerprint density at radius 2 is 1.53 bits per heavy atom. The first kappa shape index (κ1) is 32.6. The van der Waals surface area contributed by atoms with Gasteiger partial charge in [-0.3, -0.25) is 24.2 Å². The van der Waals surface area contributed by atoms with Crippen molar-refractivity contribution in [3.05, 3.63) is 29.8 Å². The first-order chi connectivity index (χ1) is 17.8. The van der Waals surface area contributed by atoms with E-state index in [4.69, 9.17) is 15.9 Å². The topological polar surface area (TPSA) is 264 Å². The maximum absolute atomic E-state index is 12.6. The third kappa shape index (κ3) is 10.5. The number of aliphatic imine (C=N–C) groups is 1. The van der Waals surface area contributed by atoms with Gasteiger partial charge in [-0.05, 0) is 31.5 Å². The molecule has 0 saturated carbocycles. The molecule has 0 fully saturated rings. The van der Waals surface area contributed by atoms with Crippen LogP contribution < -0.4 is 21.7 Å². The van der Waals surface area contributed by atoms with Crippen molar-refractivity contribution in [3.8, 4) is 0 Å². The SMILES string of the molecule is CC(/N=C\[C@H](O)[C@@H](O)[C@H](O)[C@H](O)CO)C(=O)NC(C)C(=O)NC(CC(N)=O)C(=O)Nc1ccc(CO)cc1. The third-order valence-corrected chi connectivity index (χ3v) is 5.32. The summed E-state index contributed by atoms with van der Waals surface area (Å²) >= 11 is 0. The Bertz CT molecular complexity index is 974. The molecule has 212 valence electrons. The molecule has 3 unspecified atom stereocenters. The molecular weight excluding hydrogens is 506 g/mol. The summed E-state index contributed by atoms with van der Waals surface area (Å²) in [5, 5.41) is 63.6. The van der Waals surface area contributed by atoms with Crippen LogP contribution in [-0.2, 0) is 25.8 Å². The van der Waals surface area contributed by atoms with Crippen LogP contribution in [0.15, 0.2) is 29.3 Å². The fourth-order valence-corrected chi connectivity index (χ4v) is 2.94. The van der Waals surface area contributed by atoms with Crippen LogP contribution in [0, 0.1) is 0 Å². The highest BCUT2D eigenvalue weighted by Crippen LogP contribution is 2.11. The molecule has 0 radical (unpaired) electrons. The number of nitrogens with two attached hydrogens (primary N) is 1. The fraction of sp³-hybridized carbons (Fsp3) is 0.522. The third-order valence-electron chi connectivity index (χ3n) is 5.32. The van der Waals surface area contributed by atoms with E-state index < -0.39 is 79.2 Å². The Kier molecular flexibility index (Phi) is 13.5. The fourth-order valence-electron chi connectivity index (χ4n) is 2.94. The Morgan fingerprint density at radius 3 is 2.05 bits per heavy atom. The Hall–Kier alpha value is -3.47. The number of carbonyl (C=O) groups excluding carboxylic acids is 4. The van der Waals surface area contributed by atoms with Crippen LogP contribution in [0.3, 0.4) is 0 Å². The van der Waals surface area contributed by atoms with Crippen molar-refractivity contribution in [1.29, 1.82) is 0 Å². The largest absolute Gasteiger partial charge is 0.394 e. The maximum atomic E-state index is 12.6. The van der Waals surface area contributed by atoms with Gasteiger partial charge in [-0.1, -0.05) is 12.1 Å². The van der Waals surface area contributed by atoms with E-state index in [1.807, 2.05) is 0 Å². The van der Waals surface area contributed by atoms with E-state index in [2.05, 4.69) is 20.9 Å². The van der Waals surface area contributed by atoms with Gasteiger partial charge >= 0.3 is 0 Å². The molecule has 0 aliphatic heterocycles. The van der Waals surface area contributed by atoms with Gasteiger partial charge < -0.3 is 52.3 Å². The molecule has 38 heavy (non-hydrogen) atoms. The zero-order valence-corrected chi connectivity index (χ0v) is 20.9. The molecule has 1 rings (SSSR count). The standard InChI is InChI=1S/C23H35N5O10/c1-11(25-8-16(31)19(34)20(35)17(32)10-30)21(36)26-12(2)22(37)28-15(7-18(24)33)23(38)27-14-5-3-13(9-29)4-6-14/h3-6,8,11-12,15-17,19-20,29-32,34-35H,7,9-10H2,1-2H3,(H2,24,33)(H,26,36)(H,27,38)(H,28,37)/b25-8-/t11?,12?,15?,16-,17+,19+,20+/m0/s1. The number of hydrogen-bond donors (Lipinski definition) is 10. The monoisotopic (exact) mass is 541 g/mol. The van der Waals surface area contributed by atoms with Gasteiger partial charge in [0.2, 0.25) is 23.6 Å². The van der Waals surface area contributed by atoms with Crippen LogP contribution in [0.1, 0.15) is 25.8 Å². The summed E-state index contributed by atoms with van der Waals surface area (Å²) in [6.07, 6.45) is -7.03. The van der Waals surface area contributed by atoms with E-state index in [1.54, 1.807) is 12.1 Å². The first-order valence-electron chi connectivity index (χ1n) is 11.6. The minimum absolute atomic E-state index is 0.192. The second kappa shape index (κ2) is 15.7. The summed E-state index contributed by atoms with van der Waals surface area (Å²) in [6.45, 7) is 1.56. The smallest absolute Gasteiger partial charge is 0.247 e. The minimum Gasteiger partial charge on any atom is -0.394 e. The minimum atomic E-state index is -1.90. The molecule has 1 aromatic rings. The lowest BCUT2D eigenvalue weighted by Gasteiger charge is -2.23. The summed E-state index contributed by atoms with van der Waals surface area (Å²) < 4.78 is 0. The van der Waals surface area contributed by atoms with Gasteiger partial charge in [-0.2, -0.15) is 0 Å². The summed E-state index contributed by atoms with van der Waals surface area (Å²) in [6, 6.07) is 2.45. The number of carbonyl (C=O) groups is 4. The van der Waals surface area contributed by atoms with Crippen molar-refractivity contribution in [2.75, 3.05) is 11.9 Å². The zero-order chi connectivity index (χ0) is 29.0. The summed E-state index contributed by atoms with van der Waals surface area (Å²) in [4.78, 5) is 52.8. The second-order valence-electron chi connectivity index (χ2n) is 8.50. The molecule has 4 amide bonds. The van der Waals surface area contributed by atoms with Gasteiger partial charge in [-0.15, -0.1) is 0 Å². The van der Waals surface area contributed by atoms with Crippen molar-refractivity contribution in [2.45, 2.75) is 69.4 Å². The molecule has 1 aromatic carbocycles. The number of rotatable bonds is 15. The van der Waals surface area contributed by atoms with Gasteiger partial charge in [0, 0.05) is 11.9 Å². The van der Waals surface area contributed by atoms with Gasteiger partial charge in [0.1, 0.15) is 42.5 Å². The molecule has 0 aliphatic rings. The predicted molar refractivity (Wildman–Crippen MR) is 133 cm³/mol. The van der Waals surface area contributed by atoms with E-state index in [1.165, 1.54) is 26.0 Å². The number of benzene rings is 1. The molecule has 0 aliphatic carbocycles. The predicted octanol–water partition coefficient (Wildman–Crippen LogP) is -4.12. The normalized spacial score (nSPS) is 16.9. The van der Waals surface area contributed by atoms with Crippen molar-refractivity contribution < 1.29 is 49.8 Å². The molecule has 0 saturated heterocycles. The molecule has 0 spiro atoms. The van der Waals surface area contributed by atoms with Gasteiger partial charge in [-0.25, -0.2) is 0 Å². The lowest BCUT2D eigenvalue weighted by Crippen LogP contribution is -2.53. The van der Waals surface area contributed by atoms with E-state index in [9.17, 15) is 39.6 Å². The van der Waals surface area contributed by atoms with E-state index in [0.717, 1.165) is 6.21 Å². The molecular formula is C23H35N5O10. The molecule has 0 heterocycles. The maximum Gasteiger partial charge on any atom is 0.247 e. The Balaban J connectivity index is 2.74. The van der Waals surface area contributed by atoms with E-state index in [-0.39, 0.29) is 6.61 Å². The highest BCUT2D eigenvalue weighted by Gasteiger charge is 2.30. The summed E-state index contributed by atoms with van der Waals surface area (Å²) in [7, 11) is 0. The number of anilines is 1. The zero-order valence-electron chi connectivity index (χ0n) is 20.9. The number of primary amides is 1. The average molecular weight is 542 g/mol. The number of hydrogen-bond acceptors (Lipinski definition) is 11. The van der Waals surface area contributed by atoms with Crippen molar-refractivity contribution in [3.63, 3.8) is 0 Å². The number of aliphatic hydroxyl groups excluding tert-OH is 6. The molecule has 7 atom stereocenters. The Morgan fingerprint density at radius 1 is 0.921 bits per heavy atom. The van der Waals surface area contributed by atoms with Crippen LogP contribution in [-0.4, -0.2) is 110 Å². The van der Waals surface area contributed by atoms with Crippen LogP contribution in [0.5, 0.6) is 0 Å². The van der Waals surface area contributed by atoms with E-state index in [0.29, 0.717) is 11.3 Å². The van der Waals surface area contributed by atoms with Crippen molar-refractivity contribution in [1.82, 2.24) is 10.6 Å². The van der Waals surface area contributed by atoms with Crippen LogP contribution in [0.2, 0.25) is 0 Å². The van der Waals surface area contributed by atoms with Crippen LogP contribution >= 0.6 is 0 Å². The highest BCUT2D eigenvalue weighted by molar-refractivity contribution is 6.00. The summed E-state index contributed by atoms with van der Waals surface area (Å²) in [5.74, 6) is -3.20. The highest BCUT2D eigenvalue weighted by atomic mass is 16.4. The van der Waals surface area contributed by atoms with Gasteiger partial charge in [0.15, 0.2) is 0 Å². The quantitative estimate of drug-likeness (QED) is 0.0958. The molecule has 11 N–H and O–H groups in total. The van der Waals surface area contributed by atoms with Crippen molar-refractivity contribution >= 4 is 35.5 Å². The Labute approximate surface area is 218 Å². The molecule has 0 aromatic heterocycles. The number of aliphatic hydroxyl groups is 6. The summed E-state index contributed by atoms with van der Waals surface area (Å²) in [5.41, 5.74) is 6.14. The first-order valence-corrected chi connectivity index (χ1v) is 11.6. The van der Waals surface area contributed by atoms with Gasteiger partial charge in [0.05, 0.1) is 19.6 Å². The van der Waals surface area contributed by atoms with E-state index >= 15 is 0 Å². The lowest BCUT2D eigenvalue weighted by molar-refractivity contribution is -0.131. The lowest BCUT2D eigenvalue weighted by atomic mass is 10.0. The molecule has 0 bridgehead atoms. The molecule has 15 heteroatoms. The number of nitrogens with zero attached hydrogens (tertiary/aromatic N) is 1. The van der Waals surface area contributed by atoms with Crippen LogP contribution in [0.4, 0.5) is 5.69 Å². The van der Waals surface area contributed by atoms with Crippen molar-refractivity contribution in [2.24, 2.45) is 10.7 Å². The number of amides is 4. The van der Waals surface area contributed by atoms with Crippen LogP contribution in [0.25, 0.3) is 0 Å². The molecule has 15 nitrogen and oxygen atoms in total.